The molecule has 1 saturated heterocycles. The van der Waals surface area contributed by atoms with Gasteiger partial charge in [0.1, 0.15) is 23.7 Å². The zero-order valence-electron chi connectivity index (χ0n) is 14.6. The first-order valence-electron chi connectivity index (χ1n) is 8.60. The van der Waals surface area contributed by atoms with Gasteiger partial charge >= 0.3 is 0 Å². The highest BCUT2D eigenvalue weighted by molar-refractivity contribution is 5.39. The average molecular weight is 360 g/mol. The van der Waals surface area contributed by atoms with Gasteiger partial charge in [-0.25, -0.2) is 0 Å². The zero-order valence-corrected chi connectivity index (χ0v) is 14.6. The van der Waals surface area contributed by atoms with Gasteiger partial charge in [-0.3, -0.25) is 0 Å². The summed E-state index contributed by atoms with van der Waals surface area (Å²) in [4.78, 5) is 0. The van der Waals surface area contributed by atoms with Gasteiger partial charge in [-0.15, -0.1) is 0 Å². The van der Waals surface area contributed by atoms with E-state index < -0.39 is 24.6 Å². The summed E-state index contributed by atoms with van der Waals surface area (Å²) in [5.74, 6) is 1.45. The van der Waals surface area contributed by atoms with Gasteiger partial charge in [-0.05, 0) is 29.3 Å². The Morgan fingerprint density at radius 2 is 1.81 bits per heavy atom. The van der Waals surface area contributed by atoms with Crippen molar-refractivity contribution in [3.8, 4) is 11.5 Å². The average Bonchev–Trinajstić information content (AvgIpc) is 2.66. The molecule has 4 atom stereocenters. The Morgan fingerprint density at radius 1 is 1.08 bits per heavy atom. The number of hydrogen-bond acceptors (Lipinski definition) is 6. The van der Waals surface area contributed by atoms with Crippen LogP contribution in [0.1, 0.15) is 17.5 Å². The highest BCUT2D eigenvalue weighted by Crippen LogP contribution is 2.27. The molecule has 0 aromatic heterocycles. The van der Waals surface area contributed by atoms with E-state index in [-0.39, 0.29) is 13.0 Å². The lowest BCUT2D eigenvalue weighted by molar-refractivity contribution is -0.230. The molecule has 3 unspecified atom stereocenters. The summed E-state index contributed by atoms with van der Waals surface area (Å²) in [5.41, 5.74) is 2.08. The summed E-state index contributed by atoms with van der Waals surface area (Å²) >= 11 is 0. The van der Waals surface area contributed by atoms with Crippen LogP contribution < -0.4 is 9.47 Å². The van der Waals surface area contributed by atoms with Crippen LogP contribution in [0, 0.1) is 0 Å². The molecule has 2 aromatic rings. The number of aliphatic hydroxyl groups excluding tert-OH is 3. The van der Waals surface area contributed by atoms with E-state index in [1.807, 2.05) is 48.5 Å². The second kappa shape index (κ2) is 8.51. The van der Waals surface area contributed by atoms with Crippen LogP contribution >= 0.6 is 0 Å². The maximum atomic E-state index is 9.95. The molecule has 3 N–H and O–H groups in total. The van der Waals surface area contributed by atoms with E-state index in [1.165, 1.54) is 0 Å². The molecule has 1 heterocycles. The van der Waals surface area contributed by atoms with Crippen molar-refractivity contribution in [3.05, 3.63) is 59.7 Å². The van der Waals surface area contributed by atoms with Crippen molar-refractivity contribution < 1.29 is 29.5 Å². The maximum absolute atomic E-state index is 9.95. The summed E-state index contributed by atoms with van der Waals surface area (Å²) in [6.45, 7) is -0.383. The minimum absolute atomic E-state index is 0.133. The van der Waals surface area contributed by atoms with Gasteiger partial charge in [0.15, 0.2) is 0 Å². The fourth-order valence-electron chi connectivity index (χ4n) is 3.01. The smallest absolute Gasteiger partial charge is 0.202 e. The number of ether oxygens (including phenoxy) is 3. The third-order valence-electron chi connectivity index (χ3n) is 4.50. The van der Waals surface area contributed by atoms with Crippen LogP contribution in [0.15, 0.2) is 48.5 Å². The Labute approximate surface area is 152 Å². The second-order valence-electron chi connectivity index (χ2n) is 6.33. The van der Waals surface area contributed by atoms with Crippen molar-refractivity contribution in [3.63, 3.8) is 0 Å². The molecule has 0 aliphatic carbocycles. The van der Waals surface area contributed by atoms with E-state index in [0.29, 0.717) is 12.2 Å². The molecule has 140 valence electrons. The fraction of sp³-hybridized carbons (Fsp3) is 0.400. The Morgan fingerprint density at radius 3 is 2.50 bits per heavy atom. The van der Waals surface area contributed by atoms with Crippen LogP contribution in [-0.4, -0.2) is 53.6 Å². The largest absolute Gasteiger partial charge is 0.497 e. The van der Waals surface area contributed by atoms with E-state index >= 15 is 0 Å². The predicted octanol–water partition coefficient (Wildman–Crippen LogP) is 1.49. The van der Waals surface area contributed by atoms with Gasteiger partial charge in [-0.2, -0.15) is 0 Å². The Balaban J connectivity index is 1.72. The van der Waals surface area contributed by atoms with Crippen LogP contribution in [0.25, 0.3) is 0 Å². The summed E-state index contributed by atoms with van der Waals surface area (Å²) in [6, 6.07) is 15.4. The van der Waals surface area contributed by atoms with Crippen molar-refractivity contribution >= 4 is 0 Å². The molecule has 0 saturated carbocycles. The van der Waals surface area contributed by atoms with Crippen molar-refractivity contribution in [2.24, 2.45) is 0 Å². The first-order chi connectivity index (χ1) is 12.6. The van der Waals surface area contributed by atoms with Gasteiger partial charge in [0.2, 0.25) is 6.29 Å². The minimum atomic E-state index is -1.12. The third-order valence-corrected chi connectivity index (χ3v) is 4.50. The third kappa shape index (κ3) is 4.34. The molecule has 1 fully saturated rings. The summed E-state index contributed by atoms with van der Waals surface area (Å²) in [7, 11) is 1.63. The van der Waals surface area contributed by atoms with Crippen LogP contribution in [0.2, 0.25) is 0 Å². The first kappa shape index (κ1) is 18.7. The number of hydrogen-bond donors (Lipinski definition) is 3. The van der Waals surface area contributed by atoms with Crippen LogP contribution in [0.4, 0.5) is 0 Å². The van der Waals surface area contributed by atoms with Gasteiger partial charge in [0, 0.05) is 12.8 Å². The van der Waals surface area contributed by atoms with Crippen LogP contribution in [0.3, 0.4) is 0 Å². The number of para-hydroxylation sites is 1. The molecule has 1 aliphatic heterocycles. The van der Waals surface area contributed by atoms with Gasteiger partial charge < -0.3 is 29.5 Å². The molecule has 6 nitrogen and oxygen atoms in total. The number of methoxy groups -OCH3 is 1. The Kier molecular flexibility index (Phi) is 6.11. The Hall–Kier alpha value is -2.12. The normalized spacial score (nSPS) is 25.7. The summed E-state index contributed by atoms with van der Waals surface area (Å²) in [6.07, 6.45) is -2.91. The maximum Gasteiger partial charge on any atom is 0.202 e. The number of rotatable bonds is 6. The molecular formula is C20H24O6. The Bertz CT molecular complexity index is 702. The van der Waals surface area contributed by atoms with Crippen molar-refractivity contribution in [2.75, 3.05) is 13.7 Å². The second-order valence-corrected chi connectivity index (χ2v) is 6.33. The van der Waals surface area contributed by atoms with Crippen LogP contribution in [0.5, 0.6) is 11.5 Å². The molecule has 2 aromatic carbocycles. The molecule has 0 amide bonds. The monoisotopic (exact) mass is 360 g/mol. The highest BCUT2D eigenvalue weighted by Gasteiger charge is 2.37. The quantitative estimate of drug-likeness (QED) is 0.723. The number of aliphatic hydroxyl groups is 3. The van der Waals surface area contributed by atoms with Gasteiger partial charge in [0.05, 0.1) is 19.8 Å². The molecule has 26 heavy (non-hydrogen) atoms. The molecule has 0 radical (unpaired) electrons. The lowest BCUT2D eigenvalue weighted by Crippen LogP contribution is -2.51. The van der Waals surface area contributed by atoms with E-state index in [1.54, 1.807) is 7.11 Å². The van der Waals surface area contributed by atoms with E-state index in [4.69, 9.17) is 14.2 Å². The van der Waals surface area contributed by atoms with Crippen molar-refractivity contribution in [1.29, 1.82) is 0 Å². The fourth-order valence-corrected chi connectivity index (χ4v) is 3.01. The summed E-state index contributed by atoms with van der Waals surface area (Å²) in [5, 5.41) is 29.1. The molecule has 6 heteroatoms. The minimum Gasteiger partial charge on any atom is -0.497 e. The van der Waals surface area contributed by atoms with Gasteiger partial charge in [-0.1, -0.05) is 30.3 Å². The molecule has 3 rings (SSSR count). The molecule has 0 spiro atoms. The zero-order chi connectivity index (χ0) is 18.5. The number of benzene rings is 2. The first-order valence-corrected chi connectivity index (χ1v) is 8.60. The SMILES string of the molecule is COc1ccc(Cc2ccccc2OC2CC(O)[C@H](O)C(CO)O2)cc1. The van der Waals surface area contributed by atoms with Crippen molar-refractivity contribution in [2.45, 2.75) is 37.4 Å². The lowest BCUT2D eigenvalue weighted by atomic mass is 10.0. The highest BCUT2D eigenvalue weighted by atomic mass is 16.7. The van der Waals surface area contributed by atoms with Crippen molar-refractivity contribution in [1.82, 2.24) is 0 Å². The molecular weight excluding hydrogens is 336 g/mol. The van der Waals surface area contributed by atoms with Crippen LogP contribution in [-0.2, 0) is 11.2 Å². The van der Waals surface area contributed by atoms with E-state index in [0.717, 1.165) is 16.9 Å². The molecule has 1 aliphatic rings. The standard InChI is InChI=1S/C20H24O6/c1-24-15-8-6-13(7-9-15)10-14-4-2-3-5-17(14)25-19-11-16(22)20(23)18(12-21)26-19/h2-9,16,18-23H,10-12H2,1H3/t16?,18?,19?,20-/m0/s1. The molecule has 0 bridgehead atoms. The van der Waals surface area contributed by atoms with E-state index in [9.17, 15) is 15.3 Å². The summed E-state index contributed by atoms with van der Waals surface area (Å²) < 4.78 is 16.7. The lowest BCUT2D eigenvalue weighted by Gasteiger charge is -2.36. The topological polar surface area (TPSA) is 88.4 Å². The van der Waals surface area contributed by atoms with E-state index in [2.05, 4.69) is 0 Å². The van der Waals surface area contributed by atoms with Gasteiger partial charge in [0.25, 0.3) is 0 Å². The predicted molar refractivity (Wildman–Crippen MR) is 95.2 cm³/mol.